The summed E-state index contributed by atoms with van der Waals surface area (Å²) >= 11 is 1.52. The fourth-order valence-electron chi connectivity index (χ4n) is 2.34. The number of nitrogens with one attached hydrogen (secondary N) is 1. The lowest BCUT2D eigenvalue weighted by Crippen LogP contribution is -2.19. The molecule has 0 aliphatic carbocycles. The van der Waals surface area contributed by atoms with E-state index in [-0.39, 0.29) is 5.91 Å². The van der Waals surface area contributed by atoms with E-state index in [0.717, 1.165) is 22.6 Å². The highest BCUT2D eigenvalue weighted by atomic mass is 32.2. The van der Waals surface area contributed by atoms with Crippen LogP contribution in [0.3, 0.4) is 0 Å². The molecule has 0 unspecified atom stereocenters. The summed E-state index contributed by atoms with van der Waals surface area (Å²) in [6.07, 6.45) is 3.25. The molecule has 2 rings (SSSR count). The number of hydrazone groups is 1. The fourth-order valence-corrected chi connectivity index (χ4v) is 3.12. The Morgan fingerprint density at radius 1 is 1.17 bits per heavy atom. The van der Waals surface area contributed by atoms with Crippen molar-refractivity contribution in [3.63, 3.8) is 0 Å². The van der Waals surface area contributed by atoms with Gasteiger partial charge in [-0.3, -0.25) is 4.79 Å². The van der Waals surface area contributed by atoms with Crippen LogP contribution in [0, 0.1) is 0 Å². The number of carbonyl (C=O) groups excluding carboxylic acids is 1. The molecule has 154 valence electrons. The van der Waals surface area contributed by atoms with Crippen molar-refractivity contribution in [3.8, 4) is 17.2 Å². The molecule has 0 heterocycles. The summed E-state index contributed by atoms with van der Waals surface area (Å²) in [5.74, 6) is 2.99. The molecule has 0 saturated heterocycles. The van der Waals surface area contributed by atoms with Crippen molar-refractivity contribution in [2.45, 2.75) is 12.7 Å². The van der Waals surface area contributed by atoms with Crippen LogP contribution in [0.1, 0.15) is 18.1 Å². The number of nitrogens with zero attached hydrogens (tertiary/aromatic N) is 1. The van der Waals surface area contributed by atoms with E-state index in [1.54, 1.807) is 19.4 Å². The molecule has 0 spiro atoms. The number of carbonyl (C=O) groups is 1. The van der Waals surface area contributed by atoms with E-state index < -0.39 is 0 Å². The number of benzene rings is 2. The maximum atomic E-state index is 11.9. The first-order valence-corrected chi connectivity index (χ1v) is 10.3. The number of rotatable bonds is 12. The lowest BCUT2D eigenvalue weighted by atomic mass is 10.2. The molecule has 0 aliphatic heterocycles. The third kappa shape index (κ3) is 7.91. The van der Waals surface area contributed by atoms with Gasteiger partial charge in [0, 0.05) is 5.75 Å². The number of thioether (sulfide) groups is 1. The second-order valence-corrected chi connectivity index (χ2v) is 6.86. The van der Waals surface area contributed by atoms with Crippen LogP contribution in [0.25, 0.3) is 0 Å². The number of hydrogen-bond donors (Lipinski definition) is 1. The van der Waals surface area contributed by atoms with Gasteiger partial charge in [-0.1, -0.05) is 24.8 Å². The zero-order valence-electron chi connectivity index (χ0n) is 16.7. The molecule has 0 atom stereocenters. The average Bonchev–Trinajstić information content (AvgIpc) is 2.74. The van der Waals surface area contributed by atoms with E-state index >= 15 is 0 Å². The SMILES string of the molecule is C=CCOc1ccc(/C=N\NC(=O)CSCc2ccc(OC)cc2)cc1OCC. The summed E-state index contributed by atoms with van der Waals surface area (Å²) in [7, 11) is 1.64. The normalized spacial score (nSPS) is 10.6. The third-order valence-corrected chi connectivity index (χ3v) is 4.69. The van der Waals surface area contributed by atoms with Crippen molar-refractivity contribution >= 4 is 23.9 Å². The van der Waals surface area contributed by atoms with E-state index in [1.165, 1.54) is 11.8 Å². The molecular weight excluding hydrogens is 388 g/mol. The molecule has 2 aromatic carbocycles. The van der Waals surface area contributed by atoms with E-state index in [4.69, 9.17) is 14.2 Å². The summed E-state index contributed by atoms with van der Waals surface area (Å²) in [6.45, 7) is 6.46. The molecule has 0 fully saturated rings. The number of amides is 1. The predicted octanol–water partition coefficient (Wildman–Crippen LogP) is 4.04. The molecule has 0 aliphatic rings. The highest BCUT2D eigenvalue weighted by Crippen LogP contribution is 2.28. The van der Waals surface area contributed by atoms with Gasteiger partial charge >= 0.3 is 0 Å². The number of hydrogen-bond acceptors (Lipinski definition) is 6. The van der Waals surface area contributed by atoms with E-state index in [9.17, 15) is 4.79 Å². The van der Waals surface area contributed by atoms with Crippen molar-refractivity contribution in [2.75, 3.05) is 26.1 Å². The van der Waals surface area contributed by atoms with Crippen molar-refractivity contribution in [2.24, 2.45) is 5.10 Å². The van der Waals surface area contributed by atoms with E-state index in [1.807, 2.05) is 49.4 Å². The van der Waals surface area contributed by atoms with Gasteiger partial charge in [0.15, 0.2) is 11.5 Å². The molecule has 2 aromatic rings. The summed E-state index contributed by atoms with van der Waals surface area (Å²) in [5, 5.41) is 4.02. The Morgan fingerprint density at radius 3 is 2.66 bits per heavy atom. The topological polar surface area (TPSA) is 69.2 Å². The zero-order valence-corrected chi connectivity index (χ0v) is 17.5. The largest absolute Gasteiger partial charge is 0.497 e. The molecule has 1 amide bonds. The van der Waals surface area contributed by atoms with Crippen molar-refractivity contribution in [1.29, 1.82) is 0 Å². The Hall–Kier alpha value is -2.93. The molecule has 7 heteroatoms. The lowest BCUT2D eigenvalue weighted by molar-refractivity contribution is -0.118. The van der Waals surface area contributed by atoms with Crippen LogP contribution in [0.4, 0.5) is 0 Å². The second kappa shape index (κ2) is 12.5. The second-order valence-electron chi connectivity index (χ2n) is 5.87. The minimum Gasteiger partial charge on any atom is -0.497 e. The predicted molar refractivity (Wildman–Crippen MR) is 118 cm³/mol. The molecule has 0 aromatic heterocycles. The van der Waals surface area contributed by atoms with Gasteiger partial charge in [-0.2, -0.15) is 5.10 Å². The summed E-state index contributed by atoms with van der Waals surface area (Å²) in [4.78, 5) is 11.9. The Morgan fingerprint density at radius 2 is 1.97 bits per heavy atom. The Bertz CT molecular complexity index is 822. The first-order valence-electron chi connectivity index (χ1n) is 9.19. The standard InChI is InChI=1S/C22H26N2O4S/c1-4-12-28-20-11-8-18(13-21(20)27-5-2)14-23-24-22(25)16-29-15-17-6-9-19(26-3)10-7-17/h4,6-11,13-14H,1,5,12,15-16H2,2-3H3,(H,24,25)/b23-14-. The minimum absolute atomic E-state index is 0.157. The van der Waals surface area contributed by atoms with Gasteiger partial charge in [-0.25, -0.2) is 5.43 Å². The monoisotopic (exact) mass is 414 g/mol. The molecule has 0 saturated carbocycles. The zero-order chi connectivity index (χ0) is 20.9. The van der Waals surface area contributed by atoms with Gasteiger partial charge in [-0.05, 0) is 48.4 Å². The van der Waals surface area contributed by atoms with Gasteiger partial charge in [0.1, 0.15) is 12.4 Å². The highest BCUT2D eigenvalue weighted by Gasteiger charge is 2.06. The molecule has 0 bridgehead atoms. The lowest BCUT2D eigenvalue weighted by Gasteiger charge is -2.11. The average molecular weight is 415 g/mol. The van der Waals surface area contributed by atoms with Crippen LogP contribution in [0.15, 0.2) is 60.2 Å². The van der Waals surface area contributed by atoms with Gasteiger partial charge < -0.3 is 14.2 Å². The van der Waals surface area contributed by atoms with Crippen LogP contribution in [-0.4, -0.2) is 38.2 Å². The van der Waals surface area contributed by atoms with Gasteiger partial charge in [0.2, 0.25) is 5.91 Å². The maximum absolute atomic E-state index is 11.9. The maximum Gasteiger partial charge on any atom is 0.250 e. The van der Waals surface area contributed by atoms with Crippen LogP contribution < -0.4 is 19.6 Å². The smallest absolute Gasteiger partial charge is 0.250 e. The highest BCUT2D eigenvalue weighted by molar-refractivity contribution is 7.99. The Balaban J connectivity index is 1.80. The molecule has 29 heavy (non-hydrogen) atoms. The Kier molecular flexibility index (Phi) is 9.65. The van der Waals surface area contributed by atoms with E-state index in [0.29, 0.717) is 30.5 Å². The number of ether oxygens (including phenoxy) is 3. The molecule has 6 nitrogen and oxygen atoms in total. The first kappa shape index (κ1) is 22.4. The van der Waals surface area contributed by atoms with Crippen LogP contribution >= 0.6 is 11.8 Å². The molecule has 0 radical (unpaired) electrons. The van der Waals surface area contributed by atoms with Crippen molar-refractivity contribution in [3.05, 3.63) is 66.2 Å². The van der Waals surface area contributed by atoms with Crippen LogP contribution in [-0.2, 0) is 10.5 Å². The minimum atomic E-state index is -0.157. The van der Waals surface area contributed by atoms with Crippen LogP contribution in [0.5, 0.6) is 17.2 Å². The fraction of sp³-hybridized carbons (Fsp3) is 0.273. The molecule has 1 N–H and O–H groups in total. The van der Waals surface area contributed by atoms with Crippen LogP contribution in [0.2, 0.25) is 0 Å². The van der Waals surface area contributed by atoms with Crippen molar-refractivity contribution < 1.29 is 19.0 Å². The first-order chi connectivity index (χ1) is 14.2. The Labute approximate surface area is 175 Å². The van der Waals surface area contributed by atoms with Gasteiger partial charge in [-0.15, -0.1) is 11.8 Å². The molecular formula is C22H26N2O4S. The van der Waals surface area contributed by atoms with Crippen molar-refractivity contribution in [1.82, 2.24) is 5.43 Å². The quantitative estimate of drug-likeness (QED) is 0.322. The number of methoxy groups -OCH3 is 1. The summed E-state index contributed by atoms with van der Waals surface area (Å²) < 4.78 is 16.3. The summed E-state index contributed by atoms with van der Waals surface area (Å²) in [5.41, 5.74) is 4.47. The van der Waals surface area contributed by atoms with E-state index in [2.05, 4.69) is 17.1 Å². The van der Waals surface area contributed by atoms with Gasteiger partial charge in [0.05, 0.1) is 25.7 Å². The summed E-state index contributed by atoms with van der Waals surface area (Å²) in [6, 6.07) is 13.3. The third-order valence-electron chi connectivity index (χ3n) is 3.69. The van der Waals surface area contributed by atoms with Gasteiger partial charge in [0.25, 0.3) is 0 Å².